The molecular formula is C13H15BrN2O2S2. The van der Waals surface area contributed by atoms with Gasteiger partial charge in [-0.25, -0.2) is 13.1 Å². The highest BCUT2D eigenvalue weighted by Crippen LogP contribution is 2.31. The number of sulfonamides is 1. The van der Waals surface area contributed by atoms with Crippen LogP contribution < -0.4 is 10.0 Å². The van der Waals surface area contributed by atoms with Crippen molar-refractivity contribution >= 4 is 43.0 Å². The molecule has 7 heteroatoms. The summed E-state index contributed by atoms with van der Waals surface area (Å²) >= 11 is 5.15. The van der Waals surface area contributed by atoms with Crippen molar-refractivity contribution in [1.82, 2.24) is 4.72 Å². The average Bonchev–Trinajstić information content (AvgIpc) is 2.85. The van der Waals surface area contributed by atoms with Crippen molar-refractivity contribution in [3.8, 4) is 0 Å². The summed E-state index contributed by atoms with van der Waals surface area (Å²) in [5.74, 6) is 0. The highest BCUT2D eigenvalue weighted by Gasteiger charge is 2.14. The summed E-state index contributed by atoms with van der Waals surface area (Å²) in [4.78, 5) is 1.43. The third kappa shape index (κ3) is 3.41. The molecule has 0 saturated heterocycles. The Morgan fingerprint density at radius 3 is 2.65 bits per heavy atom. The van der Waals surface area contributed by atoms with Crippen molar-refractivity contribution in [1.29, 1.82) is 0 Å². The Morgan fingerprint density at radius 1 is 1.30 bits per heavy atom. The number of benzene rings is 1. The summed E-state index contributed by atoms with van der Waals surface area (Å²) < 4.78 is 26.9. The van der Waals surface area contributed by atoms with Gasteiger partial charge in [-0.1, -0.05) is 6.07 Å². The van der Waals surface area contributed by atoms with Gasteiger partial charge in [-0.3, -0.25) is 0 Å². The molecule has 20 heavy (non-hydrogen) atoms. The second-order valence-electron chi connectivity index (χ2n) is 4.23. The molecule has 0 fully saturated rings. The van der Waals surface area contributed by atoms with E-state index in [1.165, 1.54) is 11.9 Å². The highest BCUT2D eigenvalue weighted by atomic mass is 79.9. The zero-order valence-corrected chi connectivity index (χ0v) is 14.3. The number of halogens is 1. The number of rotatable bonds is 5. The molecule has 2 rings (SSSR count). The Balaban J connectivity index is 2.23. The fourth-order valence-electron chi connectivity index (χ4n) is 1.80. The smallest absolute Gasteiger partial charge is 0.240 e. The first kappa shape index (κ1) is 15.5. The molecule has 0 spiro atoms. The molecule has 0 radical (unpaired) electrons. The van der Waals surface area contributed by atoms with Gasteiger partial charge >= 0.3 is 0 Å². The second-order valence-corrected chi connectivity index (χ2v) is 7.92. The van der Waals surface area contributed by atoms with E-state index in [9.17, 15) is 8.42 Å². The molecule has 2 aromatic rings. The molecule has 1 unspecified atom stereocenters. The van der Waals surface area contributed by atoms with Gasteiger partial charge in [-0.2, -0.15) is 0 Å². The minimum atomic E-state index is -3.42. The van der Waals surface area contributed by atoms with Crippen LogP contribution in [0.5, 0.6) is 0 Å². The van der Waals surface area contributed by atoms with Crippen LogP contribution in [0.2, 0.25) is 0 Å². The first-order valence-corrected chi connectivity index (χ1v) is 9.12. The lowest BCUT2D eigenvalue weighted by molar-refractivity contribution is 0.588. The maximum atomic E-state index is 11.8. The molecule has 108 valence electrons. The summed E-state index contributed by atoms with van der Waals surface area (Å²) in [6.45, 7) is 2.04. The van der Waals surface area contributed by atoms with Crippen LogP contribution in [0.4, 0.5) is 5.69 Å². The van der Waals surface area contributed by atoms with Gasteiger partial charge in [0.05, 0.1) is 10.9 Å². The van der Waals surface area contributed by atoms with Crippen LogP contribution in [-0.2, 0) is 10.0 Å². The first-order chi connectivity index (χ1) is 9.44. The van der Waals surface area contributed by atoms with E-state index in [0.717, 1.165) is 10.2 Å². The monoisotopic (exact) mass is 374 g/mol. The summed E-state index contributed by atoms with van der Waals surface area (Å²) in [6.07, 6.45) is 0. The summed E-state index contributed by atoms with van der Waals surface area (Å²) in [6, 6.07) is 8.87. The maximum Gasteiger partial charge on any atom is 0.240 e. The SMILES string of the molecule is CNS(=O)(=O)c1cccc(NC(C)c2sccc2Br)c1. The molecule has 4 nitrogen and oxygen atoms in total. The normalized spacial score (nSPS) is 13.2. The van der Waals surface area contributed by atoms with Crippen LogP contribution in [0.15, 0.2) is 45.1 Å². The van der Waals surface area contributed by atoms with Gasteiger partial charge in [-0.05, 0) is 59.5 Å². The number of anilines is 1. The van der Waals surface area contributed by atoms with Crippen molar-refractivity contribution in [2.24, 2.45) is 0 Å². The Morgan fingerprint density at radius 2 is 2.05 bits per heavy atom. The zero-order chi connectivity index (χ0) is 14.8. The molecule has 0 aliphatic rings. The predicted octanol–water partition coefficient (Wildman–Crippen LogP) is 3.59. The van der Waals surface area contributed by atoms with E-state index in [1.54, 1.807) is 29.5 Å². The quantitative estimate of drug-likeness (QED) is 0.840. The van der Waals surface area contributed by atoms with Crippen LogP contribution in [0, 0.1) is 0 Å². The topological polar surface area (TPSA) is 58.2 Å². The minimum Gasteiger partial charge on any atom is -0.378 e. The van der Waals surface area contributed by atoms with Gasteiger partial charge in [0.1, 0.15) is 0 Å². The van der Waals surface area contributed by atoms with Crippen LogP contribution in [-0.4, -0.2) is 15.5 Å². The van der Waals surface area contributed by atoms with E-state index in [-0.39, 0.29) is 10.9 Å². The van der Waals surface area contributed by atoms with E-state index >= 15 is 0 Å². The summed E-state index contributed by atoms with van der Waals surface area (Å²) in [5, 5.41) is 5.32. The Labute approximate surface area is 131 Å². The zero-order valence-electron chi connectivity index (χ0n) is 11.1. The standard InChI is InChI=1S/C13H15BrN2O2S2/c1-9(13-12(14)6-7-19-13)16-10-4-3-5-11(8-10)20(17,18)15-2/h3-9,15-16H,1-2H3. The van der Waals surface area contributed by atoms with E-state index in [0.29, 0.717) is 0 Å². The molecular weight excluding hydrogens is 360 g/mol. The fourth-order valence-corrected chi connectivity index (χ4v) is 4.30. The number of hydrogen-bond donors (Lipinski definition) is 2. The van der Waals surface area contributed by atoms with Gasteiger partial charge in [0.2, 0.25) is 10.0 Å². The van der Waals surface area contributed by atoms with Gasteiger partial charge in [-0.15, -0.1) is 11.3 Å². The van der Waals surface area contributed by atoms with Crippen LogP contribution in [0.3, 0.4) is 0 Å². The number of hydrogen-bond acceptors (Lipinski definition) is 4. The molecule has 0 saturated carbocycles. The fraction of sp³-hybridized carbons (Fsp3) is 0.231. The number of thiophene rings is 1. The third-order valence-corrected chi connectivity index (χ3v) is 6.30. The molecule has 2 N–H and O–H groups in total. The molecule has 0 aliphatic heterocycles. The summed E-state index contributed by atoms with van der Waals surface area (Å²) in [5.41, 5.74) is 0.772. The Bertz CT molecular complexity index is 698. The van der Waals surface area contributed by atoms with Crippen molar-refractivity contribution in [3.63, 3.8) is 0 Å². The Hall–Kier alpha value is -0.890. The summed E-state index contributed by atoms with van der Waals surface area (Å²) in [7, 11) is -2.01. The third-order valence-electron chi connectivity index (χ3n) is 2.83. The number of nitrogens with one attached hydrogen (secondary N) is 2. The van der Waals surface area contributed by atoms with E-state index in [2.05, 4.69) is 26.0 Å². The van der Waals surface area contributed by atoms with Gasteiger partial charge in [0.25, 0.3) is 0 Å². The van der Waals surface area contributed by atoms with Crippen LogP contribution >= 0.6 is 27.3 Å². The lowest BCUT2D eigenvalue weighted by atomic mass is 10.2. The molecule has 0 aliphatic carbocycles. The van der Waals surface area contributed by atoms with Crippen LogP contribution in [0.1, 0.15) is 17.8 Å². The van der Waals surface area contributed by atoms with E-state index in [4.69, 9.17) is 0 Å². The van der Waals surface area contributed by atoms with Crippen molar-refractivity contribution in [3.05, 3.63) is 45.1 Å². The van der Waals surface area contributed by atoms with Crippen molar-refractivity contribution in [2.45, 2.75) is 17.9 Å². The molecule has 1 aromatic carbocycles. The van der Waals surface area contributed by atoms with E-state index < -0.39 is 10.0 Å². The predicted molar refractivity (Wildman–Crippen MR) is 86.7 cm³/mol. The molecule has 1 heterocycles. The van der Waals surface area contributed by atoms with Crippen molar-refractivity contribution < 1.29 is 8.42 Å². The van der Waals surface area contributed by atoms with Gasteiger partial charge in [0, 0.05) is 15.0 Å². The lowest BCUT2D eigenvalue weighted by Gasteiger charge is -2.15. The molecule has 1 aromatic heterocycles. The molecule has 0 amide bonds. The minimum absolute atomic E-state index is 0.0944. The van der Waals surface area contributed by atoms with Gasteiger partial charge < -0.3 is 5.32 Å². The first-order valence-electron chi connectivity index (χ1n) is 5.97. The lowest BCUT2D eigenvalue weighted by Crippen LogP contribution is -2.18. The van der Waals surface area contributed by atoms with E-state index in [1.807, 2.05) is 24.4 Å². The Kier molecular flexibility index (Phi) is 4.85. The molecule has 1 atom stereocenters. The largest absolute Gasteiger partial charge is 0.378 e. The van der Waals surface area contributed by atoms with Crippen molar-refractivity contribution in [2.75, 3.05) is 12.4 Å². The van der Waals surface area contributed by atoms with Crippen LogP contribution in [0.25, 0.3) is 0 Å². The highest BCUT2D eigenvalue weighted by molar-refractivity contribution is 9.10. The van der Waals surface area contributed by atoms with Gasteiger partial charge in [0.15, 0.2) is 0 Å². The maximum absolute atomic E-state index is 11.8. The molecule has 0 bridgehead atoms. The average molecular weight is 375 g/mol. The second kappa shape index (κ2) is 6.26.